The van der Waals surface area contributed by atoms with Gasteiger partial charge < -0.3 is 0 Å². The van der Waals surface area contributed by atoms with E-state index in [9.17, 15) is 0 Å². The van der Waals surface area contributed by atoms with Crippen molar-refractivity contribution in [2.75, 3.05) is 0 Å². The number of nitrogens with zero attached hydrogens (tertiary/aromatic N) is 1. The standard InChI is InChI=1S/C16H23N/c1-3-7-12(2)17-15-10-6-11-16(17)14-9-5-4-8-13(14)15/h4-5,8-9,12,15-16H,3,6-7,10-11H2,1-2H3. The van der Waals surface area contributed by atoms with Crippen molar-refractivity contribution in [3.8, 4) is 0 Å². The lowest BCUT2D eigenvalue weighted by Crippen LogP contribution is -2.37. The van der Waals surface area contributed by atoms with E-state index in [2.05, 4.69) is 43.0 Å². The third-order valence-electron chi connectivity index (χ3n) is 4.60. The summed E-state index contributed by atoms with van der Waals surface area (Å²) in [7, 11) is 0. The molecule has 1 heteroatoms. The van der Waals surface area contributed by atoms with E-state index in [0.717, 1.165) is 6.04 Å². The first-order valence-electron chi connectivity index (χ1n) is 7.19. The van der Waals surface area contributed by atoms with Crippen LogP contribution in [0.25, 0.3) is 0 Å². The highest BCUT2D eigenvalue weighted by molar-refractivity contribution is 5.38. The summed E-state index contributed by atoms with van der Waals surface area (Å²) in [4.78, 5) is 2.80. The van der Waals surface area contributed by atoms with Crippen LogP contribution in [0.1, 0.15) is 69.2 Å². The highest BCUT2D eigenvalue weighted by Gasteiger charge is 2.42. The first-order chi connectivity index (χ1) is 8.33. The third-order valence-corrected chi connectivity index (χ3v) is 4.60. The summed E-state index contributed by atoms with van der Waals surface area (Å²) in [6.07, 6.45) is 6.76. The van der Waals surface area contributed by atoms with Crippen LogP contribution in [0.15, 0.2) is 24.3 Å². The summed E-state index contributed by atoms with van der Waals surface area (Å²) in [5.74, 6) is 0. The SMILES string of the molecule is CCCC(C)N1C2CCCC1c1ccccc12. The van der Waals surface area contributed by atoms with Crippen molar-refractivity contribution < 1.29 is 0 Å². The lowest BCUT2D eigenvalue weighted by atomic mass is 9.97. The Kier molecular flexibility index (Phi) is 2.96. The van der Waals surface area contributed by atoms with E-state index in [1.807, 2.05) is 0 Å². The highest BCUT2D eigenvalue weighted by Crippen LogP contribution is 2.51. The molecule has 1 aromatic rings. The minimum Gasteiger partial charge on any atom is -0.287 e. The molecule has 0 saturated carbocycles. The van der Waals surface area contributed by atoms with E-state index in [4.69, 9.17) is 0 Å². The monoisotopic (exact) mass is 229 g/mol. The highest BCUT2D eigenvalue weighted by atomic mass is 15.2. The van der Waals surface area contributed by atoms with Gasteiger partial charge in [0.1, 0.15) is 0 Å². The number of benzene rings is 1. The molecular weight excluding hydrogens is 206 g/mol. The third kappa shape index (κ3) is 1.72. The lowest BCUT2D eigenvalue weighted by Gasteiger charge is -2.39. The topological polar surface area (TPSA) is 3.24 Å². The largest absolute Gasteiger partial charge is 0.287 e. The molecule has 0 amide bonds. The molecular formula is C16H23N. The Hall–Kier alpha value is -0.820. The Bertz CT molecular complexity index is 367. The number of fused-ring (bicyclic) bond motifs is 5. The quantitative estimate of drug-likeness (QED) is 0.740. The van der Waals surface area contributed by atoms with Crippen LogP contribution in [0.2, 0.25) is 0 Å². The zero-order valence-electron chi connectivity index (χ0n) is 11.0. The van der Waals surface area contributed by atoms with Gasteiger partial charge in [-0.1, -0.05) is 37.6 Å². The normalized spacial score (nSPS) is 29.1. The molecule has 0 aromatic heterocycles. The molecule has 0 N–H and O–H groups in total. The molecule has 1 fully saturated rings. The average Bonchev–Trinajstić information content (AvgIpc) is 2.55. The molecule has 1 saturated heterocycles. The number of piperidine rings is 1. The Morgan fingerprint density at radius 3 is 2.29 bits per heavy atom. The van der Waals surface area contributed by atoms with Crippen LogP contribution in [0.3, 0.4) is 0 Å². The van der Waals surface area contributed by atoms with Crippen molar-refractivity contribution in [1.29, 1.82) is 0 Å². The minimum absolute atomic E-state index is 0.714. The molecule has 1 nitrogen and oxygen atoms in total. The lowest BCUT2D eigenvalue weighted by molar-refractivity contribution is 0.0621. The molecule has 0 radical (unpaired) electrons. The smallest absolute Gasteiger partial charge is 0.0360 e. The summed E-state index contributed by atoms with van der Waals surface area (Å²) in [5, 5.41) is 0. The molecule has 17 heavy (non-hydrogen) atoms. The molecule has 3 rings (SSSR count). The Labute approximate surface area is 105 Å². The summed E-state index contributed by atoms with van der Waals surface area (Å²) < 4.78 is 0. The first kappa shape index (κ1) is 11.3. The minimum atomic E-state index is 0.714. The summed E-state index contributed by atoms with van der Waals surface area (Å²) in [6.45, 7) is 4.72. The van der Waals surface area contributed by atoms with E-state index < -0.39 is 0 Å². The maximum absolute atomic E-state index is 2.80. The molecule has 0 aliphatic carbocycles. The Morgan fingerprint density at radius 2 is 1.76 bits per heavy atom. The fourth-order valence-electron chi connectivity index (χ4n) is 3.95. The van der Waals surface area contributed by atoms with Gasteiger partial charge >= 0.3 is 0 Å². The van der Waals surface area contributed by atoms with E-state index >= 15 is 0 Å². The van der Waals surface area contributed by atoms with Gasteiger partial charge in [0.2, 0.25) is 0 Å². The predicted molar refractivity (Wildman–Crippen MR) is 72.0 cm³/mol. The van der Waals surface area contributed by atoms with Crippen LogP contribution in [0, 0.1) is 0 Å². The van der Waals surface area contributed by atoms with Crippen molar-refractivity contribution in [3.63, 3.8) is 0 Å². The Balaban J connectivity index is 1.95. The van der Waals surface area contributed by atoms with E-state index in [1.54, 1.807) is 11.1 Å². The van der Waals surface area contributed by atoms with E-state index in [-0.39, 0.29) is 0 Å². The van der Waals surface area contributed by atoms with Gasteiger partial charge in [0.05, 0.1) is 0 Å². The van der Waals surface area contributed by atoms with E-state index in [1.165, 1.54) is 32.1 Å². The molecule has 3 atom stereocenters. The molecule has 2 heterocycles. The summed E-state index contributed by atoms with van der Waals surface area (Å²) >= 11 is 0. The van der Waals surface area contributed by atoms with Crippen LogP contribution in [0.5, 0.6) is 0 Å². The number of hydrogen-bond acceptors (Lipinski definition) is 1. The van der Waals surface area contributed by atoms with Crippen molar-refractivity contribution in [3.05, 3.63) is 35.4 Å². The fourth-order valence-corrected chi connectivity index (χ4v) is 3.95. The predicted octanol–water partition coefficient (Wildman–Crippen LogP) is 4.46. The second-order valence-corrected chi connectivity index (χ2v) is 5.68. The van der Waals surface area contributed by atoms with Gasteiger partial charge in [-0.15, -0.1) is 0 Å². The fraction of sp³-hybridized carbons (Fsp3) is 0.625. The van der Waals surface area contributed by atoms with Crippen molar-refractivity contribution in [2.24, 2.45) is 0 Å². The summed E-state index contributed by atoms with van der Waals surface area (Å²) in [6, 6.07) is 11.3. The number of hydrogen-bond donors (Lipinski definition) is 0. The Morgan fingerprint density at radius 1 is 1.18 bits per heavy atom. The second kappa shape index (κ2) is 4.45. The van der Waals surface area contributed by atoms with Gasteiger partial charge in [0.15, 0.2) is 0 Å². The molecule has 2 aliphatic rings. The van der Waals surface area contributed by atoms with Crippen LogP contribution in [-0.2, 0) is 0 Å². The zero-order chi connectivity index (χ0) is 11.8. The maximum atomic E-state index is 2.80. The van der Waals surface area contributed by atoms with Crippen molar-refractivity contribution >= 4 is 0 Å². The summed E-state index contributed by atoms with van der Waals surface area (Å²) in [5.41, 5.74) is 3.25. The average molecular weight is 229 g/mol. The van der Waals surface area contributed by atoms with Gasteiger partial charge in [-0.3, -0.25) is 4.90 Å². The van der Waals surface area contributed by atoms with Crippen molar-refractivity contribution in [2.45, 2.75) is 64.1 Å². The van der Waals surface area contributed by atoms with Gasteiger partial charge in [-0.2, -0.15) is 0 Å². The van der Waals surface area contributed by atoms with Crippen LogP contribution < -0.4 is 0 Å². The van der Waals surface area contributed by atoms with Crippen LogP contribution in [-0.4, -0.2) is 10.9 Å². The molecule has 1 aromatic carbocycles. The first-order valence-corrected chi connectivity index (χ1v) is 7.19. The maximum Gasteiger partial charge on any atom is 0.0360 e. The van der Waals surface area contributed by atoms with Crippen molar-refractivity contribution in [1.82, 2.24) is 4.90 Å². The van der Waals surface area contributed by atoms with Gasteiger partial charge in [0, 0.05) is 18.1 Å². The zero-order valence-corrected chi connectivity index (χ0v) is 11.0. The van der Waals surface area contributed by atoms with Gasteiger partial charge in [-0.25, -0.2) is 0 Å². The van der Waals surface area contributed by atoms with Gasteiger partial charge in [0.25, 0.3) is 0 Å². The van der Waals surface area contributed by atoms with Crippen LogP contribution >= 0.6 is 0 Å². The molecule has 2 bridgehead atoms. The van der Waals surface area contributed by atoms with Gasteiger partial charge in [-0.05, 0) is 43.7 Å². The van der Waals surface area contributed by atoms with Crippen LogP contribution in [0.4, 0.5) is 0 Å². The molecule has 0 spiro atoms. The molecule has 2 aliphatic heterocycles. The molecule has 92 valence electrons. The molecule has 3 unspecified atom stereocenters. The van der Waals surface area contributed by atoms with E-state index in [0.29, 0.717) is 12.1 Å². The number of rotatable bonds is 3. The second-order valence-electron chi connectivity index (χ2n) is 5.68.